The second-order valence-electron chi connectivity index (χ2n) is 8.01. The van der Waals surface area contributed by atoms with Gasteiger partial charge < -0.3 is 20.4 Å². The molecule has 1 atom stereocenters. The minimum absolute atomic E-state index is 0.0517. The fraction of sp³-hybridized carbons (Fsp3) is 0.500. The minimum atomic E-state index is -1.05. The number of benzene rings is 1. The number of aliphatic hydroxyl groups is 2. The monoisotopic (exact) mass is 414 g/mol. The van der Waals surface area contributed by atoms with Gasteiger partial charge in [-0.3, -0.25) is 14.2 Å². The number of hydrogen-bond donors (Lipinski definition) is 3. The van der Waals surface area contributed by atoms with E-state index in [1.807, 2.05) is 37.3 Å². The Hall–Kier alpha value is -2.71. The minimum Gasteiger partial charge on any atom is -0.395 e. The van der Waals surface area contributed by atoms with Crippen LogP contribution in [-0.2, 0) is 11.3 Å². The van der Waals surface area contributed by atoms with E-state index < -0.39 is 5.60 Å². The summed E-state index contributed by atoms with van der Waals surface area (Å²) in [6.07, 6.45) is 2.66. The Balaban J connectivity index is 1.54. The van der Waals surface area contributed by atoms with Crippen LogP contribution < -0.4 is 10.9 Å². The lowest BCUT2D eigenvalue weighted by Gasteiger charge is -2.38. The van der Waals surface area contributed by atoms with Gasteiger partial charge in [-0.15, -0.1) is 0 Å². The molecule has 1 fully saturated rings. The topological polar surface area (TPSA) is 108 Å². The molecule has 1 aliphatic rings. The lowest BCUT2D eigenvalue weighted by Crippen LogP contribution is -2.49. The summed E-state index contributed by atoms with van der Waals surface area (Å²) in [5.41, 5.74) is -0.176. The van der Waals surface area contributed by atoms with Crippen molar-refractivity contribution >= 4 is 11.7 Å². The van der Waals surface area contributed by atoms with Crippen LogP contribution in [0.5, 0.6) is 0 Å². The van der Waals surface area contributed by atoms with E-state index in [4.69, 9.17) is 5.11 Å². The largest absolute Gasteiger partial charge is 0.395 e. The van der Waals surface area contributed by atoms with Crippen LogP contribution in [-0.4, -0.2) is 62.4 Å². The van der Waals surface area contributed by atoms with Gasteiger partial charge in [-0.25, -0.2) is 4.98 Å². The number of piperidine rings is 1. The van der Waals surface area contributed by atoms with Crippen molar-refractivity contribution in [3.05, 3.63) is 58.6 Å². The molecule has 1 aromatic carbocycles. The van der Waals surface area contributed by atoms with Crippen LogP contribution in [0.4, 0.5) is 5.82 Å². The zero-order chi connectivity index (χ0) is 21.6. The molecule has 0 aliphatic carbocycles. The van der Waals surface area contributed by atoms with Gasteiger partial charge in [0.25, 0.3) is 5.56 Å². The normalized spacial score (nSPS) is 16.8. The highest BCUT2D eigenvalue weighted by atomic mass is 16.3. The van der Waals surface area contributed by atoms with Crippen molar-refractivity contribution in [2.75, 3.05) is 31.6 Å². The van der Waals surface area contributed by atoms with E-state index in [0.29, 0.717) is 44.7 Å². The number of aliphatic hydroxyl groups excluding tert-OH is 1. The lowest BCUT2D eigenvalue weighted by molar-refractivity contribution is -0.136. The highest BCUT2D eigenvalue weighted by Gasteiger charge is 2.34. The summed E-state index contributed by atoms with van der Waals surface area (Å²) >= 11 is 0. The molecular weight excluding hydrogens is 384 g/mol. The SMILES string of the molecule is C[C@H](CC(=O)N1CCC(O)(Cn2cnc(NCCO)cc2=O)CC1)c1ccccc1. The molecule has 8 heteroatoms. The lowest BCUT2D eigenvalue weighted by atomic mass is 9.90. The van der Waals surface area contributed by atoms with Crippen LogP contribution in [0.15, 0.2) is 47.5 Å². The van der Waals surface area contributed by atoms with Crippen molar-refractivity contribution in [2.24, 2.45) is 0 Å². The zero-order valence-corrected chi connectivity index (χ0v) is 17.3. The van der Waals surface area contributed by atoms with Gasteiger partial charge in [0.2, 0.25) is 5.91 Å². The van der Waals surface area contributed by atoms with Crippen molar-refractivity contribution in [1.29, 1.82) is 0 Å². The molecule has 3 rings (SSSR count). The number of nitrogens with zero attached hydrogens (tertiary/aromatic N) is 3. The molecule has 0 bridgehead atoms. The van der Waals surface area contributed by atoms with Crippen LogP contribution in [0.2, 0.25) is 0 Å². The Morgan fingerprint density at radius 3 is 2.60 bits per heavy atom. The van der Waals surface area contributed by atoms with Gasteiger partial charge in [-0.05, 0) is 24.3 Å². The predicted molar refractivity (Wildman–Crippen MR) is 114 cm³/mol. The average molecular weight is 415 g/mol. The predicted octanol–water partition coefficient (Wildman–Crippen LogP) is 1.19. The van der Waals surface area contributed by atoms with Gasteiger partial charge in [0.1, 0.15) is 5.82 Å². The maximum atomic E-state index is 12.7. The van der Waals surface area contributed by atoms with Crippen molar-refractivity contribution in [3.63, 3.8) is 0 Å². The smallest absolute Gasteiger partial charge is 0.255 e. The molecular formula is C22H30N4O4. The van der Waals surface area contributed by atoms with Crippen LogP contribution >= 0.6 is 0 Å². The zero-order valence-electron chi connectivity index (χ0n) is 17.3. The summed E-state index contributed by atoms with van der Waals surface area (Å²) in [4.78, 5) is 30.9. The molecule has 0 saturated carbocycles. The van der Waals surface area contributed by atoms with Crippen LogP contribution in [0.25, 0.3) is 0 Å². The Morgan fingerprint density at radius 1 is 1.27 bits per heavy atom. The van der Waals surface area contributed by atoms with E-state index in [9.17, 15) is 14.7 Å². The number of aromatic nitrogens is 2. The van der Waals surface area contributed by atoms with Crippen molar-refractivity contribution in [3.8, 4) is 0 Å². The van der Waals surface area contributed by atoms with Crippen LogP contribution in [0.3, 0.4) is 0 Å². The molecule has 2 aromatic rings. The Morgan fingerprint density at radius 2 is 1.97 bits per heavy atom. The van der Waals surface area contributed by atoms with E-state index in [2.05, 4.69) is 10.3 Å². The average Bonchev–Trinajstić information content (AvgIpc) is 2.75. The molecule has 1 amide bonds. The number of nitrogens with one attached hydrogen (secondary N) is 1. The molecule has 0 unspecified atom stereocenters. The first-order valence-electron chi connectivity index (χ1n) is 10.4. The molecule has 1 aromatic heterocycles. The summed E-state index contributed by atoms with van der Waals surface area (Å²) in [7, 11) is 0. The molecule has 1 saturated heterocycles. The first-order chi connectivity index (χ1) is 14.4. The highest BCUT2D eigenvalue weighted by Crippen LogP contribution is 2.26. The molecule has 8 nitrogen and oxygen atoms in total. The molecule has 2 heterocycles. The molecule has 30 heavy (non-hydrogen) atoms. The number of anilines is 1. The Bertz CT molecular complexity index is 892. The van der Waals surface area contributed by atoms with E-state index in [0.717, 1.165) is 5.56 Å². The third-order valence-corrected chi connectivity index (χ3v) is 5.66. The molecule has 162 valence electrons. The van der Waals surface area contributed by atoms with E-state index in [1.165, 1.54) is 17.0 Å². The highest BCUT2D eigenvalue weighted by molar-refractivity contribution is 5.77. The second kappa shape index (κ2) is 9.86. The molecule has 1 aliphatic heterocycles. The first kappa shape index (κ1) is 22.0. The number of amides is 1. The summed E-state index contributed by atoms with van der Waals surface area (Å²) in [5.74, 6) is 0.624. The van der Waals surface area contributed by atoms with Crippen molar-refractivity contribution < 1.29 is 15.0 Å². The molecule has 0 radical (unpaired) electrons. The van der Waals surface area contributed by atoms with Crippen LogP contribution in [0.1, 0.15) is 37.7 Å². The van der Waals surface area contributed by atoms with Gasteiger partial charge in [0.15, 0.2) is 0 Å². The first-order valence-corrected chi connectivity index (χ1v) is 10.4. The summed E-state index contributed by atoms with van der Waals surface area (Å²) < 4.78 is 1.39. The van der Waals surface area contributed by atoms with Crippen LogP contribution in [0, 0.1) is 0 Å². The quantitative estimate of drug-likeness (QED) is 0.599. The van der Waals surface area contributed by atoms with Gasteiger partial charge in [-0.2, -0.15) is 0 Å². The number of carbonyl (C=O) groups is 1. The van der Waals surface area contributed by atoms with Gasteiger partial charge in [-0.1, -0.05) is 37.3 Å². The summed E-state index contributed by atoms with van der Waals surface area (Å²) in [6.45, 7) is 3.38. The fourth-order valence-corrected chi connectivity index (χ4v) is 3.76. The Labute approximate surface area is 176 Å². The van der Waals surface area contributed by atoms with Gasteiger partial charge in [0.05, 0.1) is 25.1 Å². The van der Waals surface area contributed by atoms with E-state index >= 15 is 0 Å². The number of hydrogen-bond acceptors (Lipinski definition) is 6. The van der Waals surface area contributed by atoms with E-state index in [-0.39, 0.29) is 30.5 Å². The number of carbonyl (C=O) groups excluding carboxylic acids is 1. The maximum absolute atomic E-state index is 12.7. The summed E-state index contributed by atoms with van der Waals surface area (Å²) in [6, 6.07) is 11.3. The van der Waals surface area contributed by atoms with E-state index in [1.54, 1.807) is 4.90 Å². The van der Waals surface area contributed by atoms with Gasteiger partial charge in [0, 0.05) is 32.1 Å². The third-order valence-electron chi connectivity index (χ3n) is 5.66. The Kier molecular flexibility index (Phi) is 7.23. The number of likely N-dealkylation sites (tertiary alicyclic amines) is 1. The second-order valence-corrected chi connectivity index (χ2v) is 8.01. The fourth-order valence-electron chi connectivity index (χ4n) is 3.76. The maximum Gasteiger partial charge on any atom is 0.255 e. The third kappa shape index (κ3) is 5.67. The molecule has 3 N–H and O–H groups in total. The number of rotatable bonds is 8. The standard InChI is InChI=1S/C22H30N4O4/c1-17(18-5-3-2-4-6-18)13-20(28)25-10-7-22(30,8-11-25)15-26-16-24-19(14-21(26)29)23-9-12-27/h2-6,14,16-17,23,27,30H,7-13,15H2,1H3/t17-/m1/s1. The molecule has 0 spiro atoms. The summed E-state index contributed by atoms with van der Waals surface area (Å²) in [5, 5.41) is 22.6. The van der Waals surface area contributed by atoms with Gasteiger partial charge >= 0.3 is 0 Å². The van der Waals surface area contributed by atoms with Crippen molar-refractivity contribution in [2.45, 2.75) is 44.2 Å². The van der Waals surface area contributed by atoms with Crippen molar-refractivity contribution in [1.82, 2.24) is 14.5 Å².